The van der Waals surface area contributed by atoms with Crippen LogP contribution in [0.2, 0.25) is 0 Å². The van der Waals surface area contributed by atoms with Gasteiger partial charge in [-0.15, -0.1) is 0 Å². The van der Waals surface area contributed by atoms with Gasteiger partial charge in [-0.05, 0) is 30.4 Å². The van der Waals surface area contributed by atoms with Crippen LogP contribution in [0, 0.1) is 5.92 Å². The molecule has 0 heterocycles. The van der Waals surface area contributed by atoms with E-state index >= 15 is 0 Å². The summed E-state index contributed by atoms with van der Waals surface area (Å²) in [7, 11) is 0. The molecule has 2 aromatic rings. The Hall–Kier alpha value is -2.13. The lowest BCUT2D eigenvalue weighted by molar-refractivity contribution is -0.139. The number of carboxylic acid groups (broad SMARTS) is 1. The average Bonchev–Trinajstić information content (AvgIpc) is 2.66. The topological polar surface area (TPSA) is 40.5 Å². The first-order chi connectivity index (χ1) is 12.5. The fourth-order valence-corrected chi connectivity index (χ4v) is 3.47. The predicted octanol–water partition coefficient (Wildman–Crippen LogP) is 5.53. The van der Waals surface area contributed by atoms with E-state index in [1.807, 2.05) is 36.4 Å². The van der Waals surface area contributed by atoms with E-state index < -0.39 is 5.97 Å². The third-order valence-electron chi connectivity index (χ3n) is 5.24. The molecule has 2 aromatic carbocycles. The molecule has 0 radical (unpaired) electrons. The van der Waals surface area contributed by atoms with Gasteiger partial charge in [0.25, 0.3) is 0 Å². The highest BCUT2D eigenvalue weighted by atomic mass is 16.4. The second-order valence-electron chi connectivity index (χ2n) is 7.25. The van der Waals surface area contributed by atoms with E-state index in [4.69, 9.17) is 0 Å². The molecule has 0 aliphatic rings. The van der Waals surface area contributed by atoms with Crippen LogP contribution in [-0.2, 0) is 11.3 Å². The number of carbonyl (C=O) groups is 1. The van der Waals surface area contributed by atoms with Gasteiger partial charge in [0, 0.05) is 18.6 Å². The molecule has 3 heteroatoms. The number of hydrogen-bond donors (Lipinski definition) is 1. The minimum atomic E-state index is -0.725. The highest BCUT2D eigenvalue weighted by Gasteiger charge is 2.28. The van der Waals surface area contributed by atoms with E-state index in [1.165, 1.54) is 11.1 Å². The Morgan fingerprint density at radius 1 is 1.00 bits per heavy atom. The van der Waals surface area contributed by atoms with Gasteiger partial charge in [0.05, 0.1) is 6.42 Å². The molecule has 0 spiro atoms. The van der Waals surface area contributed by atoms with Gasteiger partial charge in [0.15, 0.2) is 0 Å². The van der Waals surface area contributed by atoms with Gasteiger partial charge in [-0.1, -0.05) is 80.9 Å². The van der Waals surface area contributed by atoms with Crippen LogP contribution < -0.4 is 0 Å². The second kappa shape index (κ2) is 10.1. The zero-order valence-electron chi connectivity index (χ0n) is 16.1. The predicted molar refractivity (Wildman–Crippen MR) is 107 cm³/mol. The molecule has 0 aromatic heterocycles. The van der Waals surface area contributed by atoms with Crippen LogP contribution in [0.25, 0.3) is 0 Å². The molecular formula is C23H31NO2. The van der Waals surface area contributed by atoms with Gasteiger partial charge >= 0.3 is 5.97 Å². The summed E-state index contributed by atoms with van der Waals surface area (Å²) in [5, 5.41) is 9.51. The Balaban J connectivity index is 2.33. The van der Waals surface area contributed by atoms with Gasteiger partial charge in [-0.25, -0.2) is 0 Å². The number of hydrogen-bond acceptors (Lipinski definition) is 2. The standard InChI is InChI=1S/C23H31NO2/c1-4-18(2)15-22(16-23(25)26)24(17-20-11-7-5-8-12-20)19(3)21-13-9-6-10-14-21/h5-14,18-19,22H,4,15-17H2,1-3H3,(H,25,26)/t18-,19+,22+/m1/s1. The summed E-state index contributed by atoms with van der Waals surface area (Å²) >= 11 is 0. The Bertz CT molecular complexity index is 656. The Kier molecular flexibility index (Phi) is 7.86. The Labute approximate surface area is 157 Å². The van der Waals surface area contributed by atoms with Gasteiger partial charge in [-0.2, -0.15) is 0 Å². The quantitative estimate of drug-likeness (QED) is 0.610. The zero-order valence-corrected chi connectivity index (χ0v) is 16.1. The maximum Gasteiger partial charge on any atom is 0.304 e. The number of carboxylic acids is 1. The lowest BCUT2D eigenvalue weighted by Crippen LogP contribution is -2.39. The summed E-state index contributed by atoms with van der Waals surface area (Å²) < 4.78 is 0. The summed E-state index contributed by atoms with van der Waals surface area (Å²) in [6, 6.07) is 20.9. The molecule has 0 aliphatic heterocycles. The molecule has 3 atom stereocenters. The molecule has 26 heavy (non-hydrogen) atoms. The maximum atomic E-state index is 11.6. The van der Waals surface area contributed by atoms with E-state index in [2.05, 4.69) is 49.9 Å². The third-order valence-corrected chi connectivity index (χ3v) is 5.24. The number of rotatable bonds is 10. The van der Waals surface area contributed by atoms with E-state index in [-0.39, 0.29) is 18.5 Å². The summed E-state index contributed by atoms with van der Waals surface area (Å²) in [4.78, 5) is 13.9. The molecular weight excluding hydrogens is 322 g/mol. The summed E-state index contributed by atoms with van der Waals surface area (Å²) in [6.45, 7) is 7.32. The van der Waals surface area contributed by atoms with Crippen molar-refractivity contribution in [3.05, 3.63) is 71.8 Å². The van der Waals surface area contributed by atoms with Crippen LogP contribution in [0.5, 0.6) is 0 Å². The van der Waals surface area contributed by atoms with Crippen LogP contribution >= 0.6 is 0 Å². The molecule has 0 bridgehead atoms. The Morgan fingerprint density at radius 3 is 2.12 bits per heavy atom. The monoisotopic (exact) mass is 353 g/mol. The minimum absolute atomic E-state index is 0.0119. The van der Waals surface area contributed by atoms with E-state index in [0.29, 0.717) is 5.92 Å². The van der Waals surface area contributed by atoms with Crippen LogP contribution in [0.4, 0.5) is 0 Å². The second-order valence-corrected chi connectivity index (χ2v) is 7.25. The SMILES string of the molecule is CC[C@@H](C)C[C@@H](CC(=O)O)N(Cc1ccccc1)[C@@H](C)c1ccccc1. The Morgan fingerprint density at radius 2 is 1.58 bits per heavy atom. The van der Waals surface area contributed by atoms with Crippen molar-refractivity contribution in [3.63, 3.8) is 0 Å². The molecule has 3 nitrogen and oxygen atoms in total. The van der Waals surface area contributed by atoms with Gasteiger partial charge in [-0.3, -0.25) is 9.69 Å². The fraction of sp³-hybridized carbons (Fsp3) is 0.435. The van der Waals surface area contributed by atoms with E-state index in [0.717, 1.165) is 19.4 Å². The fourth-order valence-electron chi connectivity index (χ4n) is 3.47. The first-order valence-electron chi connectivity index (χ1n) is 9.57. The third kappa shape index (κ3) is 5.99. The first-order valence-corrected chi connectivity index (χ1v) is 9.57. The van der Waals surface area contributed by atoms with Crippen LogP contribution in [0.1, 0.15) is 57.2 Å². The van der Waals surface area contributed by atoms with Crippen molar-refractivity contribution in [2.45, 2.75) is 58.7 Å². The van der Waals surface area contributed by atoms with Gasteiger partial charge < -0.3 is 5.11 Å². The van der Waals surface area contributed by atoms with Crippen molar-refractivity contribution in [2.75, 3.05) is 0 Å². The highest BCUT2D eigenvalue weighted by molar-refractivity contribution is 5.67. The van der Waals surface area contributed by atoms with Crippen molar-refractivity contribution >= 4 is 5.97 Å². The van der Waals surface area contributed by atoms with Crippen LogP contribution in [-0.4, -0.2) is 22.0 Å². The molecule has 0 aliphatic carbocycles. The highest BCUT2D eigenvalue weighted by Crippen LogP contribution is 2.29. The largest absolute Gasteiger partial charge is 0.481 e. The van der Waals surface area contributed by atoms with Crippen molar-refractivity contribution in [1.82, 2.24) is 4.90 Å². The molecule has 0 saturated carbocycles. The smallest absolute Gasteiger partial charge is 0.304 e. The molecule has 0 fully saturated rings. The molecule has 2 rings (SSSR count). The number of nitrogens with zero attached hydrogens (tertiary/aromatic N) is 1. The first kappa shape index (κ1) is 20.2. The zero-order chi connectivity index (χ0) is 18.9. The molecule has 0 unspecified atom stereocenters. The number of benzene rings is 2. The summed E-state index contributed by atoms with van der Waals surface area (Å²) in [5.74, 6) is -0.225. The van der Waals surface area contributed by atoms with E-state index in [9.17, 15) is 9.90 Å². The van der Waals surface area contributed by atoms with Crippen molar-refractivity contribution in [3.8, 4) is 0 Å². The lowest BCUT2D eigenvalue weighted by atomic mass is 9.93. The van der Waals surface area contributed by atoms with Crippen molar-refractivity contribution in [2.24, 2.45) is 5.92 Å². The van der Waals surface area contributed by atoms with Crippen LogP contribution in [0.15, 0.2) is 60.7 Å². The lowest BCUT2D eigenvalue weighted by Gasteiger charge is -2.37. The summed E-state index contributed by atoms with van der Waals surface area (Å²) in [6.07, 6.45) is 2.14. The van der Waals surface area contributed by atoms with Crippen LogP contribution in [0.3, 0.4) is 0 Å². The molecule has 1 N–H and O–H groups in total. The van der Waals surface area contributed by atoms with Gasteiger partial charge in [0.2, 0.25) is 0 Å². The molecule has 0 amide bonds. The van der Waals surface area contributed by atoms with Gasteiger partial charge in [0.1, 0.15) is 0 Å². The number of aliphatic carboxylic acids is 1. The van der Waals surface area contributed by atoms with E-state index in [1.54, 1.807) is 0 Å². The minimum Gasteiger partial charge on any atom is -0.481 e. The normalized spacial score (nSPS) is 14.8. The van der Waals surface area contributed by atoms with Crippen molar-refractivity contribution in [1.29, 1.82) is 0 Å². The molecule has 0 saturated heterocycles. The molecule has 140 valence electrons. The van der Waals surface area contributed by atoms with Crippen molar-refractivity contribution < 1.29 is 9.90 Å². The summed E-state index contributed by atoms with van der Waals surface area (Å²) in [5.41, 5.74) is 2.44. The average molecular weight is 354 g/mol. The maximum absolute atomic E-state index is 11.6.